The molecule has 0 spiro atoms. The average molecular weight is 225 g/mol. The zero-order valence-electron chi connectivity index (χ0n) is 7.27. The first kappa shape index (κ1) is 11.3. The lowest BCUT2D eigenvalue weighted by molar-refractivity contribution is -0.137. The van der Waals surface area contributed by atoms with E-state index in [1.54, 1.807) is 0 Å². The van der Waals surface area contributed by atoms with Gasteiger partial charge in [-0.15, -0.1) is 0 Å². The van der Waals surface area contributed by atoms with Crippen LogP contribution in [-0.4, -0.2) is 5.11 Å². The normalized spacial score (nSPS) is 14.1. The zero-order valence-corrected chi connectivity index (χ0v) is 8.02. The third-order valence-corrected chi connectivity index (χ3v) is 2.21. The SMILES string of the molecule is CC(O)c1cccc(C(F)(F)F)c1Cl. The van der Waals surface area contributed by atoms with Crippen LogP contribution in [0.4, 0.5) is 13.2 Å². The molecule has 1 rings (SSSR count). The second kappa shape index (κ2) is 3.79. The Morgan fingerprint density at radius 1 is 1.36 bits per heavy atom. The van der Waals surface area contributed by atoms with E-state index in [0.29, 0.717) is 0 Å². The molecule has 0 saturated carbocycles. The predicted molar refractivity (Wildman–Crippen MR) is 47.1 cm³/mol. The van der Waals surface area contributed by atoms with E-state index in [1.165, 1.54) is 19.1 Å². The summed E-state index contributed by atoms with van der Waals surface area (Å²) in [4.78, 5) is 0. The van der Waals surface area contributed by atoms with Gasteiger partial charge in [0.05, 0.1) is 16.7 Å². The topological polar surface area (TPSA) is 20.2 Å². The molecule has 14 heavy (non-hydrogen) atoms. The zero-order chi connectivity index (χ0) is 10.9. The van der Waals surface area contributed by atoms with Crippen molar-refractivity contribution in [2.24, 2.45) is 0 Å². The largest absolute Gasteiger partial charge is 0.417 e. The molecule has 0 saturated heterocycles. The molecule has 1 N–H and O–H groups in total. The van der Waals surface area contributed by atoms with E-state index in [-0.39, 0.29) is 5.56 Å². The Kier molecular flexibility index (Phi) is 3.07. The van der Waals surface area contributed by atoms with E-state index in [9.17, 15) is 13.2 Å². The third-order valence-electron chi connectivity index (χ3n) is 1.78. The number of aliphatic hydroxyl groups is 1. The van der Waals surface area contributed by atoms with Gasteiger partial charge >= 0.3 is 6.18 Å². The van der Waals surface area contributed by atoms with Crippen LogP contribution in [0.1, 0.15) is 24.2 Å². The van der Waals surface area contributed by atoms with Gasteiger partial charge in [0, 0.05) is 0 Å². The molecule has 0 aliphatic rings. The van der Waals surface area contributed by atoms with Crippen molar-refractivity contribution in [1.29, 1.82) is 0 Å². The number of halogens is 4. The average Bonchev–Trinajstić information content (AvgIpc) is 2.01. The molecule has 0 aromatic heterocycles. The van der Waals surface area contributed by atoms with Crippen molar-refractivity contribution in [3.05, 3.63) is 34.3 Å². The first-order valence-corrected chi connectivity index (χ1v) is 4.25. The van der Waals surface area contributed by atoms with E-state index in [2.05, 4.69) is 0 Å². The van der Waals surface area contributed by atoms with Crippen molar-refractivity contribution in [2.45, 2.75) is 19.2 Å². The smallest absolute Gasteiger partial charge is 0.389 e. The van der Waals surface area contributed by atoms with Gasteiger partial charge in [-0.25, -0.2) is 0 Å². The molecule has 5 heteroatoms. The van der Waals surface area contributed by atoms with Gasteiger partial charge in [-0.2, -0.15) is 13.2 Å². The lowest BCUT2D eigenvalue weighted by atomic mass is 10.1. The van der Waals surface area contributed by atoms with Crippen LogP contribution in [-0.2, 0) is 6.18 Å². The molecule has 0 aliphatic heterocycles. The van der Waals surface area contributed by atoms with E-state index in [4.69, 9.17) is 16.7 Å². The summed E-state index contributed by atoms with van der Waals surface area (Å²) in [7, 11) is 0. The van der Waals surface area contributed by atoms with E-state index in [1.807, 2.05) is 0 Å². The Labute approximate surface area is 84.1 Å². The molecule has 78 valence electrons. The first-order chi connectivity index (χ1) is 6.34. The van der Waals surface area contributed by atoms with E-state index >= 15 is 0 Å². The second-order valence-corrected chi connectivity index (χ2v) is 3.26. The van der Waals surface area contributed by atoms with Gasteiger partial charge in [0.1, 0.15) is 0 Å². The minimum absolute atomic E-state index is 0.0847. The summed E-state index contributed by atoms with van der Waals surface area (Å²) in [5.41, 5.74) is -0.834. The van der Waals surface area contributed by atoms with Crippen molar-refractivity contribution < 1.29 is 18.3 Å². The fourth-order valence-corrected chi connectivity index (χ4v) is 1.48. The van der Waals surface area contributed by atoms with Crippen molar-refractivity contribution >= 4 is 11.6 Å². The summed E-state index contributed by atoms with van der Waals surface area (Å²) in [5, 5.41) is 8.71. The van der Waals surface area contributed by atoms with Gasteiger partial charge in [0.2, 0.25) is 0 Å². The fraction of sp³-hybridized carbons (Fsp3) is 0.333. The summed E-state index contributed by atoms with van der Waals surface area (Å²) < 4.78 is 37.0. The maximum Gasteiger partial charge on any atom is 0.417 e. The highest BCUT2D eigenvalue weighted by Crippen LogP contribution is 2.37. The minimum atomic E-state index is -4.48. The van der Waals surface area contributed by atoms with Gasteiger partial charge in [-0.1, -0.05) is 23.7 Å². The second-order valence-electron chi connectivity index (χ2n) is 2.88. The molecular weight excluding hydrogens is 217 g/mol. The van der Waals surface area contributed by atoms with Gasteiger partial charge < -0.3 is 5.11 Å². The third kappa shape index (κ3) is 2.19. The molecule has 1 aromatic carbocycles. The van der Waals surface area contributed by atoms with Gasteiger partial charge in [-0.05, 0) is 18.6 Å². The Bertz CT molecular complexity index is 333. The van der Waals surface area contributed by atoms with Gasteiger partial charge in [0.25, 0.3) is 0 Å². The summed E-state index contributed by atoms with van der Waals surface area (Å²) in [6.07, 6.45) is -5.49. The maximum absolute atomic E-state index is 12.3. The van der Waals surface area contributed by atoms with Crippen LogP contribution in [0.25, 0.3) is 0 Å². The molecule has 1 nitrogen and oxygen atoms in total. The quantitative estimate of drug-likeness (QED) is 0.775. The minimum Gasteiger partial charge on any atom is -0.389 e. The van der Waals surface area contributed by atoms with Crippen LogP contribution in [0, 0.1) is 0 Å². The van der Waals surface area contributed by atoms with E-state index < -0.39 is 22.9 Å². The summed E-state index contributed by atoms with van der Waals surface area (Å²) in [5.74, 6) is 0. The molecule has 0 fully saturated rings. The molecule has 0 radical (unpaired) electrons. The molecule has 0 aliphatic carbocycles. The number of hydrogen-bond donors (Lipinski definition) is 1. The van der Waals surface area contributed by atoms with Crippen LogP contribution in [0.15, 0.2) is 18.2 Å². The van der Waals surface area contributed by atoms with Crippen LogP contribution < -0.4 is 0 Å². The number of aliphatic hydroxyl groups excluding tert-OH is 1. The molecule has 1 atom stereocenters. The Hall–Kier alpha value is -0.740. The molecular formula is C9H8ClF3O. The van der Waals surface area contributed by atoms with Crippen molar-refractivity contribution in [2.75, 3.05) is 0 Å². The lowest BCUT2D eigenvalue weighted by Gasteiger charge is -2.13. The van der Waals surface area contributed by atoms with Crippen LogP contribution in [0.3, 0.4) is 0 Å². The summed E-state index contributed by atoms with van der Waals surface area (Å²) >= 11 is 5.51. The number of hydrogen-bond acceptors (Lipinski definition) is 1. The summed E-state index contributed by atoms with van der Waals surface area (Å²) in [6, 6.07) is 3.47. The van der Waals surface area contributed by atoms with Crippen molar-refractivity contribution in [1.82, 2.24) is 0 Å². The van der Waals surface area contributed by atoms with Crippen LogP contribution in [0.2, 0.25) is 5.02 Å². The number of rotatable bonds is 1. The van der Waals surface area contributed by atoms with Crippen LogP contribution >= 0.6 is 11.6 Å². The van der Waals surface area contributed by atoms with Crippen LogP contribution in [0.5, 0.6) is 0 Å². The van der Waals surface area contributed by atoms with Crippen molar-refractivity contribution in [3.8, 4) is 0 Å². The van der Waals surface area contributed by atoms with E-state index in [0.717, 1.165) is 6.07 Å². The highest BCUT2D eigenvalue weighted by Gasteiger charge is 2.34. The molecule has 0 amide bonds. The maximum atomic E-state index is 12.3. The Morgan fingerprint density at radius 2 is 1.93 bits per heavy atom. The van der Waals surface area contributed by atoms with Gasteiger partial charge in [0.15, 0.2) is 0 Å². The Morgan fingerprint density at radius 3 is 2.36 bits per heavy atom. The molecule has 0 bridgehead atoms. The lowest BCUT2D eigenvalue weighted by Crippen LogP contribution is -2.07. The highest BCUT2D eigenvalue weighted by atomic mass is 35.5. The van der Waals surface area contributed by atoms with Crippen molar-refractivity contribution in [3.63, 3.8) is 0 Å². The first-order valence-electron chi connectivity index (χ1n) is 3.87. The summed E-state index contributed by atoms with van der Waals surface area (Å²) in [6.45, 7) is 1.36. The molecule has 1 aromatic rings. The fourth-order valence-electron chi connectivity index (χ4n) is 1.09. The number of benzene rings is 1. The highest BCUT2D eigenvalue weighted by molar-refractivity contribution is 6.32. The molecule has 1 unspecified atom stereocenters. The molecule has 0 heterocycles. The van der Waals surface area contributed by atoms with Gasteiger partial charge in [-0.3, -0.25) is 0 Å². The monoisotopic (exact) mass is 224 g/mol. The Balaban J connectivity index is 3.28. The number of alkyl halides is 3. The standard InChI is InChI=1S/C9H8ClF3O/c1-5(14)6-3-2-4-7(8(6)10)9(11,12)13/h2-5,14H,1H3. The predicted octanol–water partition coefficient (Wildman–Crippen LogP) is 3.41.